The number of hydrogen-bond acceptors (Lipinski definition) is 4. The van der Waals surface area contributed by atoms with Gasteiger partial charge < -0.3 is 9.84 Å². The first-order valence-corrected chi connectivity index (χ1v) is 8.82. The zero-order valence-corrected chi connectivity index (χ0v) is 13.9. The number of aliphatic hydroxyl groups excluding tert-OH is 1. The van der Waals surface area contributed by atoms with Crippen LogP contribution in [0.1, 0.15) is 25.0 Å². The maximum absolute atomic E-state index is 12.5. The quantitative estimate of drug-likeness (QED) is 0.902. The third-order valence-corrected chi connectivity index (χ3v) is 5.11. The predicted octanol–water partition coefficient (Wildman–Crippen LogP) is 2.69. The van der Waals surface area contributed by atoms with Gasteiger partial charge in [0.15, 0.2) is 0 Å². The van der Waals surface area contributed by atoms with Crippen LogP contribution in [0.25, 0.3) is 0 Å². The average Bonchev–Trinajstić information content (AvgIpc) is 2.80. The van der Waals surface area contributed by atoms with E-state index in [2.05, 4.69) is 4.72 Å². The molecule has 0 radical (unpaired) electrons. The topological polar surface area (TPSA) is 75.6 Å². The highest BCUT2D eigenvalue weighted by atomic mass is 32.2. The fraction of sp³-hybridized carbons (Fsp3) is 0.294. The number of aliphatic hydroxyl groups is 1. The lowest BCUT2D eigenvalue weighted by Crippen LogP contribution is -2.24. The molecule has 6 heteroatoms. The van der Waals surface area contributed by atoms with Gasteiger partial charge in [-0.05, 0) is 55.3 Å². The summed E-state index contributed by atoms with van der Waals surface area (Å²) in [6, 6.07) is 11.5. The lowest BCUT2D eigenvalue weighted by atomic mass is 10.0. The van der Waals surface area contributed by atoms with E-state index < -0.39 is 10.0 Å². The smallest absolute Gasteiger partial charge is 0.261 e. The molecule has 23 heavy (non-hydrogen) atoms. The minimum absolute atomic E-state index is 0.0758. The average molecular weight is 333 g/mol. The lowest BCUT2D eigenvalue weighted by Gasteiger charge is -2.16. The third kappa shape index (κ3) is 3.33. The normalized spacial score (nSPS) is 15.8. The molecule has 0 amide bonds. The summed E-state index contributed by atoms with van der Waals surface area (Å²) >= 11 is 0. The highest BCUT2D eigenvalue weighted by Crippen LogP contribution is 2.36. The van der Waals surface area contributed by atoms with Gasteiger partial charge in [-0.2, -0.15) is 0 Å². The molecular formula is C17H19NO4S. The SMILES string of the molecule is CC1(C)Cc2cc(S(=O)(=O)Nc3ccc(CO)cc3)ccc2O1. The first-order chi connectivity index (χ1) is 10.8. The molecule has 1 aliphatic rings. The highest BCUT2D eigenvalue weighted by Gasteiger charge is 2.31. The molecule has 1 heterocycles. The van der Waals surface area contributed by atoms with Crippen LogP contribution in [0.3, 0.4) is 0 Å². The molecule has 5 nitrogen and oxygen atoms in total. The Morgan fingerprint density at radius 3 is 2.52 bits per heavy atom. The summed E-state index contributed by atoms with van der Waals surface area (Å²) < 4.78 is 33.3. The fourth-order valence-electron chi connectivity index (χ4n) is 2.65. The molecule has 2 aromatic carbocycles. The fourth-order valence-corrected chi connectivity index (χ4v) is 3.75. The molecule has 0 aliphatic carbocycles. The maximum Gasteiger partial charge on any atom is 0.261 e. The Morgan fingerprint density at radius 2 is 1.87 bits per heavy atom. The lowest BCUT2D eigenvalue weighted by molar-refractivity contribution is 0.138. The maximum atomic E-state index is 12.5. The van der Waals surface area contributed by atoms with Crippen LogP contribution in [0.4, 0.5) is 5.69 Å². The van der Waals surface area contributed by atoms with Crippen LogP contribution < -0.4 is 9.46 Å². The van der Waals surface area contributed by atoms with Gasteiger partial charge in [-0.15, -0.1) is 0 Å². The van der Waals surface area contributed by atoms with Crippen molar-refractivity contribution in [2.45, 2.75) is 37.4 Å². The van der Waals surface area contributed by atoms with Gasteiger partial charge in [0.2, 0.25) is 0 Å². The predicted molar refractivity (Wildman–Crippen MR) is 88.0 cm³/mol. The Hall–Kier alpha value is -2.05. The second-order valence-corrected chi connectivity index (χ2v) is 7.95. The molecule has 0 bridgehead atoms. The second-order valence-electron chi connectivity index (χ2n) is 6.27. The molecule has 0 fully saturated rings. The van der Waals surface area contributed by atoms with E-state index in [0.717, 1.165) is 16.9 Å². The molecule has 0 saturated carbocycles. The van der Waals surface area contributed by atoms with Crippen molar-refractivity contribution in [2.75, 3.05) is 4.72 Å². The number of fused-ring (bicyclic) bond motifs is 1. The Balaban J connectivity index is 1.86. The van der Waals surface area contributed by atoms with Crippen LogP contribution in [-0.2, 0) is 23.1 Å². The molecule has 3 rings (SSSR count). The van der Waals surface area contributed by atoms with Crippen LogP contribution in [0.15, 0.2) is 47.4 Å². The summed E-state index contributed by atoms with van der Waals surface area (Å²) in [6.45, 7) is 3.87. The summed E-state index contributed by atoms with van der Waals surface area (Å²) in [5, 5.41) is 9.02. The van der Waals surface area contributed by atoms with E-state index in [9.17, 15) is 8.42 Å². The number of rotatable bonds is 4. The summed E-state index contributed by atoms with van der Waals surface area (Å²) in [5.74, 6) is 0.737. The van der Waals surface area contributed by atoms with Crippen molar-refractivity contribution in [3.63, 3.8) is 0 Å². The summed E-state index contributed by atoms with van der Waals surface area (Å²) in [7, 11) is -3.66. The zero-order chi connectivity index (χ0) is 16.7. The van der Waals surface area contributed by atoms with Gasteiger partial charge >= 0.3 is 0 Å². The first-order valence-electron chi connectivity index (χ1n) is 7.34. The van der Waals surface area contributed by atoms with Gasteiger partial charge in [-0.3, -0.25) is 4.72 Å². The molecule has 1 aliphatic heterocycles. The van der Waals surface area contributed by atoms with E-state index in [-0.39, 0.29) is 17.1 Å². The van der Waals surface area contributed by atoms with Crippen molar-refractivity contribution in [3.8, 4) is 5.75 Å². The van der Waals surface area contributed by atoms with E-state index in [1.807, 2.05) is 13.8 Å². The van der Waals surface area contributed by atoms with Crippen molar-refractivity contribution in [1.29, 1.82) is 0 Å². The van der Waals surface area contributed by atoms with Gasteiger partial charge in [0.1, 0.15) is 11.4 Å². The molecule has 0 unspecified atom stereocenters. The van der Waals surface area contributed by atoms with Crippen molar-refractivity contribution >= 4 is 15.7 Å². The highest BCUT2D eigenvalue weighted by molar-refractivity contribution is 7.92. The molecular weight excluding hydrogens is 314 g/mol. The van der Waals surface area contributed by atoms with Crippen LogP contribution >= 0.6 is 0 Å². The van der Waals surface area contributed by atoms with Crippen molar-refractivity contribution < 1.29 is 18.3 Å². The number of benzene rings is 2. The van der Waals surface area contributed by atoms with Crippen molar-refractivity contribution in [3.05, 3.63) is 53.6 Å². The molecule has 0 aromatic heterocycles. The van der Waals surface area contributed by atoms with E-state index in [1.165, 1.54) is 0 Å². The molecule has 0 spiro atoms. The number of sulfonamides is 1. The van der Waals surface area contributed by atoms with Crippen LogP contribution in [-0.4, -0.2) is 19.1 Å². The van der Waals surface area contributed by atoms with Gasteiger partial charge in [-0.25, -0.2) is 8.42 Å². The van der Waals surface area contributed by atoms with Crippen molar-refractivity contribution in [1.82, 2.24) is 0 Å². The van der Waals surface area contributed by atoms with E-state index in [1.54, 1.807) is 42.5 Å². The number of anilines is 1. The number of ether oxygens (including phenoxy) is 1. The van der Waals surface area contributed by atoms with Gasteiger partial charge in [-0.1, -0.05) is 12.1 Å². The summed E-state index contributed by atoms with van der Waals surface area (Å²) in [6.07, 6.45) is 0.677. The molecule has 0 atom stereocenters. The molecule has 0 saturated heterocycles. The Labute approximate surface area is 136 Å². The Bertz CT molecular complexity index is 826. The summed E-state index contributed by atoms with van der Waals surface area (Å²) in [4.78, 5) is 0.212. The monoisotopic (exact) mass is 333 g/mol. The Kier molecular flexibility index (Phi) is 3.82. The van der Waals surface area contributed by atoms with Gasteiger partial charge in [0.05, 0.1) is 11.5 Å². The minimum atomic E-state index is -3.66. The first kappa shape index (κ1) is 15.8. The number of hydrogen-bond donors (Lipinski definition) is 2. The molecule has 2 N–H and O–H groups in total. The van der Waals surface area contributed by atoms with E-state index in [4.69, 9.17) is 9.84 Å². The van der Waals surface area contributed by atoms with Crippen LogP contribution in [0.2, 0.25) is 0 Å². The zero-order valence-electron chi connectivity index (χ0n) is 13.0. The second kappa shape index (κ2) is 5.54. The van der Waals surface area contributed by atoms with Gasteiger partial charge in [0, 0.05) is 12.1 Å². The molecule has 122 valence electrons. The van der Waals surface area contributed by atoms with Crippen LogP contribution in [0, 0.1) is 0 Å². The number of nitrogens with one attached hydrogen (secondary N) is 1. The van der Waals surface area contributed by atoms with Gasteiger partial charge in [0.25, 0.3) is 10.0 Å². The largest absolute Gasteiger partial charge is 0.487 e. The van der Waals surface area contributed by atoms with E-state index >= 15 is 0 Å². The van der Waals surface area contributed by atoms with Crippen molar-refractivity contribution in [2.24, 2.45) is 0 Å². The molecule has 2 aromatic rings. The van der Waals surface area contributed by atoms with E-state index in [0.29, 0.717) is 12.1 Å². The third-order valence-electron chi connectivity index (χ3n) is 3.73. The Morgan fingerprint density at radius 1 is 1.17 bits per heavy atom. The summed E-state index contributed by atoms with van der Waals surface area (Å²) in [5.41, 5.74) is 1.77. The minimum Gasteiger partial charge on any atom is -0.487 e. The standard InChI is InChI=1S/C17H19NO4S/c1-17(2)10-13-9-15(7-8-16(13)22-17)23(20,21)18-14-5-3-12(11-19)4-6-14/h3-9,18-19H,10-11H2,1-2H3. The van der Waals surface area contributed by atoms with Crippen LogP contribution in [0.5, 0.6) is 5.75 Å².